The molecular weight excluding hydrogens is 422 g/mol. The summed E-state index contributed by atoms with van der Waals surface area (Å²) in [5, 5.41) is 9.48. The third-order valence-electron chi connectivity index (χ3n) is 4.92. The van der Waals surface area contributed by atoms with Gasteiger partial charge in [-0.15, -0.1) is 0 Å². The Labute approximate surface area is 178 Å². The predicted molar refractivity (Wildman–Crippen MR) is 115 cm³/mol. The van der Waals surface area contributed by atoms with Crippen molar-refractivity contribution in [2.45, 2.75) is 23.8 Å². The lowest BCUT2D eigenvalue weighted by atomic mass is 10.1. The molecule has 3 aromatic rings. The van der Waals surface area contributed by atoms with E-state index in [9.17, 15) is 13.2 Å². The summed E-state index contributed by atoms with van der Waals surface area (Å²) in [6.45, 7) is 1.03. The summed E-state index contributed by atoms with van der Waals surface area (Å²) in [5.41, 5.74) is 1.56. The highest BCUT2D eigenvalue weighted by Gasteiger charge is 2.27. The highest BCUT2D eigenvalue weighted by Crippen LogP contribution is 2.32. The molecule has 2 aromatic carbocycles. The molecule has 0 bridgehead atoms. The largest absolute Gasteiger partial charge is 0.376 e. The molecule has 1 aromatic heterocycles. The van der Waals surface area contributed by atoms with Crippen LogP contribution in [0.3, 0.4) is 0 Å². The van der Waals surface area contributed by atoms with Crippen LogP contribution in [0.1, 0.15) is 28.8 Å². The summed E-state index contributed by atoms with van der Waals surface area (Å²) in [4.78, 5) is 19.7. The van der Waals surface area contributed by atoms with Crippen LogP contribution < -0.4 is 4.90 Å². The van der Waals surface area contributed by atoms with Crippen LogP contribution in [-0.4, -0.2) is 44.8 Å². The van der Waals surface area contributed by atoms with Crippen molar-refractivity contribution in [1.29, 1.82) is 5.26 Å². The number of anilines is 1. The van der Waals surface area contributed by atoms with Crippen LogP contribution in [0.4, 0.5) is 5.13 Å². The Morgan fingerprint density at radius 2 is 2.07 bits per heavy atom. The van der Waals surface area contributed by atoms with E-state index < -0.39 is 9.84 Å². The number of ether oxygens (including phenoxy) is 1. The van der Waals surface area contributed by atoms with Crippen LogP contribution in [0, 0.1) is 11.3 Å². The number of nitriles is 1. The lowest BCUT2D eigenvalue weighted by Gasteiger charge is -2.23. The van der Waals surface area contributed by atoms with Crippen LogP contribution in [0.15, 0.2) is 47.4 Å². The van der Waals surface area contributed by atoms with Gasteiger partial charge in [0.15, 0.2) is 15.0 Å². The molecule has 1 aliphatic heterocycles. The van der Waals surface area contributed by atoms with Gasteiger partial charge >= 0.3 is 0 Å². The molecule has 1 aliphatic rings. The number of aromatic nitrogens is 1. The molecule has 0 N–H and O–H groups in total. The fraction of sp³-hybridized carbons (Fsp3) is 0.286. The molecule has 7 nitrogen and oxygen atoms in total. The predicted octanol–water partition coefficient (Wildman–Crippen LogP) is 3.40. The first-order valence-electron chi connectivity index (χ1n) is 9.39. The van der Waals surface area contributed by atoms with Gasteiger partial charge in [0, 0.05) is 18.4 Å². The van der Waals surface area contributed by atoms with Gasteiger partial charge < -0.3 is 4.74 Å². The number of fused-ring (bicyclic) bond motifs is 1. The maximum atomic E-state index is 13.3. The molecule has 154 valence electrons. The summed E-state index contributed by atoms with van der Waals surface area (Å²) < 4.78 is 30.2. The second kappa shape index (κ2) is 8.14. The molecule has 1 amide bonds. The lowest BCUT2D eigenvalue weighted by molar-refractivity contribution is 0.0917. The smallest absolute Gasteiger partial charge is 0.260 e. The minimum absolute atomic E-state index is 0.0778. The van der Waals surface area contributed by atoms with Gasteiger partial charge in [0.2, 0.25) is 0 Å². The molecule has 30 heavy (non-hydrogen) atoms. The Morgan fingerprint density at radius 1 is 1.30 bits per heavy atom. The van der Waals surface area contributed by atoms with Gasteiger partial charge in [-0.1, -0.05) is 11.3 Å². The van der Waals surface area contributed by atoms with Gasteiger partial charge in [-0.3, -0.25) is 9.69 Å². The highest BCUT2D eigenvalue weighted by atomic mass is 32.2. The molecule has 0 spiro atoms. The molecule has 0 saturated carbocycles. The summed E-state index contributed by atoms with van der Waals surface area (Å²) in [5.74, 6) is -0.239. The second-order valence-electron chi connectivity index (χ2n) is 7.14. The number of hydrogen-bond donors (Lipinski definition) is 0. The van der Waals surface area contributed by atoms with E-state index in [2.05, 4.69) is 4.98 Å². The van der Waals surface area contributed by atoms with Crippen LogP contribution >= 0.6 is 11.3 Å². The molecular formula is C21H19N3O4S2. The number of thiazole rings is 1. The van der Waals surface area contributed by atoms with E-state index in [-0.39, 0.29) is 16.9 Å². The number of sulfone groups is 1. The fourth-order valence-electron chi connectivity index (χ4n) is 3.32. The molecule has 4 rings (SSSR count). The number of hydrogen-bond acceptors (Lipinski definition) is 7. The Kier molecular flexibility index (Phi) is 5.56. The Bertz CT molecular complexity index is 1240. The maximum absolute atomic E-state index is 13.3. The van der Waals surface area contributed by atoms with Crippen LogP contribution in [0.25, 0.3) is 10.2 Å². The van der Waals surface area contributed by atoms with E-state index in [1.165, 1.54) is 17.4 Å². The Balaban J connectivity index is 1.73. The number of rotatable bonds is 5. The van der Waals surface area contributed by atoms with Crippen LogP contribution in [0.2, 0.25) is 0 Å². The molecule has 0 aliphatic carbocycles. The number of nitrogens with zero attached hydrogens (tertiary/aromatic N) is 3. The van der Waals surface area contributed by atoms with E-state index in [4.69, 9.17) is 10.00 Å². The summed E-state index contributed by atoms with van der Waals surface area (Å²) in [7, 11) is -3.34. The average Bonchev–Trinajstić information content (AvgIpc) is 3.39. The van der Waals surface area contributed by atoms with Crippen molar-refractivity contribution in [3.8, 4) is 6.07 Å². The molecule has 1 saturated heterocycles. The number of carbonyl (C=O) groups excluding carboxylic acids is 1. The van der Waals surface area contributed by atoms with E-state index in [0.29, 0.717) is 39.6 Å². The van der Waals surface area contributed by atoms with Gasteiger partial charge in [0.1, 0.15) is 0 Å². The standard InChI is InChI=1S/C21H19N3O4S2/c1-30(26,27)17-8-9-18-19(11-17)29-21(23-18)24(13-16-3-2-10-28-16)20(25)15-6-4-14(12-22)5-7-15/h4-9,11,16H,2-3,10,13H2,1H3. The van der Waals surface area contributed by atoms with E-state index in [0.717, 1.165) is 19.1 Å². The van der Waals surface area contributed by atoms with Gasteiger partial charge in [-0.05, 0) is 55.3 Å². The first-order chi connectivity index (χ1) is 14.3. The van der Waals surface area contributed by atoms with Crippen LogP contribution in [-0.2, 0) is 14.6 Å². The van der Waals surface area contributed by atoms with Crippen molar-refractivity contribution in [2.24, 2.45) is 0 Å². The minimum atomic E-state index is -3.34. The Hall–Kier alpha value is -2.80. The zero-order valence-corrected chi connectivity index (χ0v) is 17.9. The number of benzene rings is 2. The summed E-state index contributed by atoms with van der Waals surface area (Å²) in [6, 6.07) is 13.3. The van der Waals surface area contributed by atoms with Crippen molar-refractivity contribution in [3.63, 3.8) is 0 Å². The minimum Gasteiger partial charge on any atom is -0.376 e. The van der Waals surface area contributed by atoms with Gasteiger partial charge in [-0.2, -0.15) is 5.26 Å². The topological polar surface area (TPSA) is 100 Å². The molecule has 0 radical (unpaired) electrons. The molecule has 2 heterocycles. The summed E-state index contributed by atoms with van der Waals surface area (Å²) in [6.07, 6.45) is 2.89. The zero-order chi connectivity index (χ0) is 21.3. The van der Waals surface area contributed by atoms with Gasteiger partial charge in [0.05, 0.1) is 39.4 Å². The molecule has 1 fully saturated rings. The van der Waals surface area contributed by atoms with Crippen LogP contribution in [0.5, 0.6) is 0 Å². The second-order valence-corrected chi connectivity index (χ2v) is 10.2. The third-order valence-corrected chi connectivity index (χ3v) is 7.08. The molecule has 1 atom stereocenters. The Morgan fingerprint density at radius 3 is 2.70 bits per heavy atom. The van der Waals surface area contributed by atoms with Crippen molar-refractivity contribution < 1.29 is 17.9 Å². The monoisotopic (exact) mass is 441 g/mol. The third kappa shape index (κ3) is 4.21. The van der Waals surface area contributed by atoms with Crippen molar-refractivity contribution >= 4 is 42.4 Å². The van der Waals surface area contributed by atoms with E-state index in [1.54, 1.807) is 41.3 Å². The van der Waals surface area contributed by atoms with Crippen molar-refractivity contribution in [1.82, 2.24) is 4.98 Å². The normalized spacial score (nSPS) is 16.5. The highest BCUT2D eigenvalue weighted by molar-refractivity contribution is 7.90. The van der Waals surface area contributed by atoms with Gasteiger partial charge in [0.25, 0.3) is 5.91 Å². The fourth-order valence-corrected chi connectivity index (χ4v) is 5.06. The van der Waals surface area contributed by atoms with Gasteiger partial charge in [-0.25, -0.2) is 13.4 Å². The van der Waals surface area contributed by atoms with Crippen molar-refractivity contribution in [2.75, 3.05) is 24.3 Å². The maximum Gasteiger partial charge on any atom is 0.260 e. The molecule has 9 heteroatoms. The lowest BCUT2D eigenvalue weighted by Crippen LogP contribution is -2.37. The molecule has 1 unspecified atom stereocenters. The zero-order valence-electron chi connectivity index (χ0n) is 16.2. The average molecular weight is 442 g/mol. The number of carbonyl (C=O) groups is 1. The number of amides is 1. The van der Waals surface area contributed by atoms with Crippen molar-refractivity contribution in [3.05, 3.63) is 53.6 Å². The first kappa shape index (κ1) is 20.5. The first-order valence-corrected chi connectivity index (χ1v) is 12.1. The SMILES string of the molecule is CS(=O)(=O)c1ccc2nc(N(CC3CCCO3)C(=O)c3ccc(C#N)cc3)sc2c1. The van der Waals surface area contributed by atoms with E-state index in [1.807, 2.05) is 6.07 Å². The quantitative estimate of drug-likeness (QED) is 0.602. The summed E-state index contributed by atoms with van der Waals surface area (Å²) >= 11 is 1.27. The van der Waals surface area contributed by atoms with E-state index >= 15 is 0 Å².